The number of phenolic OH excluding ortho intramolecular Hbond substituents is 1. The predicted molar refractivity (Wildman–Crippen MR) is 61.2 cm³/mol. The third kappa shape index (κ3) is 1.62. The quantitative estimate of drug-likeness (QED) is 0.717. The molecule has 0 fully saturated rings. The minimum atomic E-state index is -0.132. The maximum Gasteiger partial charge on any atom is 0.350 e. The van der Waals surface area contributed by atoms with Crippen molar-refractivity contribution in [3.05, 3.63) is 40.6 Å². The number of benzene rings is 1. The molecule has 2 heterocycles. The summed E-state index contributed by atoms with van der Waals surface area (Å²) in [7, 11) is 0. The van der Waals surface area contributed by atoms with Gasteiger partial charge < -0.3 is 10.4 Å². The zero-order chi connectivity index (χ0) is 11.8. The molecular formula is C11H12N4O2. The molecule has 0 bridgehead atoms. The third-order valence-electron chi connectivity index (χ3n) is 2.83. The fourth-order valence-electron chi connectivity index (χ4n) is 1.95. The number of aromatic hydroxyl groups is 1. The fourth-order valence-corrected chi connectivity index (χ4v) is 1.95. The molecule has 0 unspecified atom stereocenters. The molecule has 6 nitrogen and oxygen atoms in total. The van der Waals surface area contributed by atoms with Crippen LogP contribution in [0.5, 0.6) is 5.75 Å². The van der Waals surface area contributed by atoms with E-state index in [2.05, 4.69) is 10.4 Å². The van der Waals surface area contributed by atoms with Gasteiger partial charge in [0.2, 0.25) is 0 Å². The summed E-state index contributed by atoms with van der Waals surface area (Å²) in [5.74, 6) is 0.918. The van der Waals surface area contributed by atoms with E-state index in [-0.39, 0.29) is 11.4 Å². The summed E-state index contributed by atoms with van der Waals surface area (Å²) in [6.07, 6.45) is 0. The van der Waals surface area contributed by atoms with Gasteiger partial charge >= 0.3 is 5.69 Å². The van der Waals surface area contributed by atoms with Gasteiger partial charge in [-0.3, -0.25) is 4.57 Å². The van der Waals surface area contributed by atoms with E-state index < -0.39 is 0 Å². The van der Waals surface area contributed by atoms with Crippen LogP contribution in [0, 0.1) is 0 Å². The molecule has 1 aromatic carbocycles. The van der Waals surface area contributed by atoms with Crippen LogP contribution in [0.15, 0.2) is 29.1 Å². The van der Waals surface area contributed by atoms with Gasteiger partial charge in [-0.25, -0.2) is 4.79 Å². The summed E-state index contributed by atoms with van der Waals surface area (Å²) in [5, 5.41) is 16.7. The zero-order valence-electron chi connectivity index (χ0n) is 9.13. The first-order valence-corrected chi connectivity index (χ1v) is 5.44. The minimum absolute atomic E-state index is 0.132. The summed E-state index contributed by atoms with van der Waals surface area (Å²) in [6.45, 7) is 2.04. The average molecular weight is 232 g/mol. The van der Waals surface area contributed by atoms with Crippen LogP contribution in [0.4, 0.5) is 0 Å². The summed E-state index contributed by atoms with van der Waals surface area (Å²) in [6, 6.07) is 6.42. The first kappa shape index (κ1) is 10.1. The number of nitrogens with one attached hydrogen (secondary N) is 1. The van der Waals surface area contributed by atoms with Crippen LogP contribution in [0.25, 0.3) is 5.69 Å². The van der Waals surface area contributed by atoms with E-state index in [9.17, 15) is 9.90 Å². The number of fused-ring (bicyclic) bond motifs is 1. The molecule has 2 N–H and O–H groups in total. The molecule has 1 aliphatic heterocycles. The highest BCUT2D eigenvalue weighted by molar-refractivity contribution is 5.35. The van der Waals surface area contributed by atoms with Gasteiger partial charge in [0, 0.05) is 13.1 Å². The molecule has 3 rings (SSSR count). The Balaban J connectivity index is 2.12. The van der Waals surface area contributed by atoms with Crippen LogP contribution in [-0.4, -0.2) is 26.0 Å². The van der Waals surface area contributed by atoms with Gasteiger partial charge in [0.15, 0.2) is 0 Å². The van der Waals surface area contributed by atoms with Gasteiger partial charge in [-0.15, -0.1) is 5.10 Å². The Labute approximate surface area is 97.1 Å². The molecule has 1 aliphatic rings. The summed E-state index contributed by atoms with van der Waals surface area (Å²) in [4.78, 5) is 12.1. The van der Waals surface area contributed by atoms with Crippen molar-refractivity contribution in [1.82, 2.24) is 19.7 Å². The van der Waals surface area contributed by atoms with Crippen molar-refractivity contribution >= 4 is 0 Å². The van der Waals surface area contributed by atoms with Crippen molar-refractivity contribution in [1.29, 1.82) is 0 Å². The molecule has 0 amide bonds. The molecule has 0 atom stereocenters. The summed E-state index contributed by atoms with van der Waals surface area (Å²) < 4.78 is 3.03. The first-order valence-electron chi connectivity index (χ1n) is 5.44. The van der Waals surface area contributed by atoms with Gasteiger partial charge in [-0.2, -0.15) is 4.68 Å². The minimum Gasteiger partial charge on any atom is -0.508 e. The molecule has 88 valence electrons. The van der Waals surface area contributed by atoms with Crippen LogP contribution in [0.2, 0.25) is 0 Å². The van der Waals surface area contributed by atoms with Crippen LogP contribution < -0.4 is 11.0 Å². The Kier molecular flexibility index (Phi) is 2.22. The van der Waals surface area contributed by atoms with E-state index in [1.54, 1.807) is 28.8 Å². The van der Waals surface area contributed by atoms with E-state index in [0.29, 0.717) is 18.8 Å². The molecule has 2 aromatic rings. The van der Waals surface area contributed by atoms with Crippen LogP contribution in [0.1, 0.15) is 5.82 Å². The number of hydrogen-bond donors (Lipinski definition) is 2. The normalized spacial score (nSPS) is 14.6. The standard InChI is InChI=1S/C11H12N4O2/c16-9-3-1-8(2-4-9)15-11(17)14-6-5-12-7-10(14)13-15/h1-4,12,16H,5-7H2. The molecule has 0 saturated heterocycles. The lowest BCUT2D eigenvalue weighted by atomic mass is 10.3. The lowest BCUT2D eigenvalue weighted by Gasteiger charge is -2.11. The lowest BCUT2D eigenvalue weighted by Crippen LogP contribution is -2.34. The first-order chi connectivity index (χ1) is 8.25. The van der Waals surface area contributed by atoms with Crippen LogP contribution in [-0.2, 0) is 13.1 Å². The highest BCUT2D eigenvalue weighted by atomic mass is 16.3. The van der Waals surface area contributed by atoms with Crippen LogP contribution >= 0.6 is 0 Å². The van der Waals surface area contributed by atoms with E-state index >= 15 is 0 Å². The van der Waals surface area contributed by atoms with Crippen molar-refractivity contribution in [3.8, 4) is 11.4 Å². The van der Waals surface area contributed by atoms with Gasteiger partial charge in [0.05, 0.1) is 12.2 Å². The van der Waals surface area contributed by atoms with Crippen molar-refractivity contribution < 1.29 is 5.11 Å². The second kappa shape index (κ2) is 3.74. The second-order valence-corrected chi connectivity index (χ2v) is 3.96. The Morgan fingerprint density at radius 3 is 2.76 bits per heavy atom. The SMILES string of the molecule is O=c1n(-c2ccc(O)cc2)nc2n1CCNC2. The Morgan fingerprint density at radius 2 is 2.06 bits per heavy atom. The van der Waals surface area contributed by atoms with Crippen molar-refractivity contribution in [2.75, 3.05) is 6.54 Å². The topological polar surface area (TPSA) is 72.1 Å². The highest BCUT2D eigenvalue weighted by Gasteiger charge is 2.16. The number of rotatable bonds is 1. The number of aromatic nitrogens is 3. The largest absolute Gasteiger partial charge is 0.508 e. The van der Waals surface area contributed by atoms with E-state index in [4.69, 9.17) is 0 Å². The second-order valence-electron chi connectivity index (χ2n) is 3.96. The molecule has 0 radical (unpaired) electrons. The Morgan fingerprint density at radius 1 is 1.29 bits per heavy atom. The monoisotopic (exact) mass is 232 g/mol. The number of phenols is 1. The molecule has 6 heteroatoms. The zero-order valence-corrected chi connectivity index (χ0v) is 9.13. The Bertz CT molecular complexity index is 597. The summed E-state index contributed by atoms with van der Waals surface area (Å²) >= 11 is 0. The van der Waals surface area contributed by atoms with Gasteiger partial charge in [0.1, 0.15) is 11.6 Å². The van der Waals surface area contributed by atoms with Crippen molar-refractivity contribution in [2.45, 2.75) is 13.1 Å². The average Bonchev–Trinajstić information content (AvgIpc) is 2.69. The number of hydrogen-bond acceptors (Lipinski definition) is 4. The smallest absolute Gasteiger partial charge is 0.350 e. The molecule has 0 aliphatic carbocycles. The maximum absolute atomic E-state index is 12.1. The van der Waals surface area contributed by atoms with E-state index in [1.807, 2.05) is 0 Å². The van der Waals surface area contributed by atoms with E-state index in [0.717, 1.165) is 12.4 Å². The van der Waals surface area contributed by atoms with Crippen LogP contribution in [0.3, 0.4) is 0 Å². The van der Waals surface area contributed by atoms with E-state index in [1.165, 1.54) is 4.68 Å². The van der Waals surface area contributed by atoms with Gasteiger partial charge in [-0.1, -0.05) is 0 Å². The molecular weight excluding hydrogens is 220 g/mol. The predicted octanol–water partition coefficient (Wildman–Crippen LogP) is -0.157. The van der Waals surface area contributed by atoms with Gasteiger partial charge in [-0.05, 0) is 24.3 Å². The highest BCUT2D eigenvalue weighted by Crippen LogP contribution is 2.12. The lowest BCUT2D eigenvalue weighted by molar-refractivity contribution is 0.475. The third-order valence-corrected chi connectivity index (χ3v) is 2.83. The van der Waals surface area contributed by atoms with Gasteiger partial charge in [0.25, 0.3) is 0 Å². The maximum atomic E-state index is 12.1. The fraction of sp³-hybridized carbons (Fsp3) is 0.273. The summed E-state index contributed by atoms with van der Waals surface area (Å²) in [5.41, 5.74) is 0.530. The molecule has 1 aromatic heterocycles. The van der Waals surface area contributed by atoms with Crippen molar-refractivity contribution in [3.63, 3.8) is 0 Å². The number of nitrogens with zero attached hydrogens (tertiary/aromatic N) is 3. The molecule has 0 saturated carbocycles. The Hall–Kier alpha value is -2.08. The molecule has 0 spiro atoms. The molecule has 17 heavy (non-hydrogen) atoms. The van der Waals surface area contributed by atoms with Crippen molar-refractivity contribution in [2.24, 2.45) is 0 Å².